The van der Waals surface area contributed by atoms with Gasteiger partial charge in [-0.25, -0.2) is 0 Å². The van der Waals surface area contributed by atoms with E-state index in [1.807, 2.05) is 14.1 Å². The van der Waals surface area contributed by atoms with E-state index in [1.165, 1.54) is 37.7 Å². The Hall–Kier alpha value is -0.890. The lowest BCUT2D eigenvalue weighted by atomic mass is 9.92. The first-order chi connectivity index (χ1) is 8.66. The first-order valence-corrected chi connectivity index (χ1v) is 7.33. The number of hydrogen-bond acceptors (Lipinski definition) is 1. The van der Waals surface area contributed by atoms with Gasteiger partial charge in [-0.15, -0.1) is 0 Å². The van der Waals surface area contributed by atoms with Gasteiger partial charge in [0, 0.05) is 20.0 Å². The SMILES string of the molecule is CCCCCCC(C(=S)N(C)C)c1ccccc1. The molecule has 0 N–H and O–H groups in total. The second kappa shape index (κ2) is 8.25. The number of thiocarbonyl (C=S) groups is 1. The fraction of sp³-hybridized carbons (Fsp3) is 0.562. The van der Waals surface area contributed by atoms with Gasteiger partial charge in [0.05, 0.1) is 4.99 Å². The van der Waals surface area contributed by atoms with Crippen molar-refractivity contribution in [3.8, 4) is 0 Å². The predicted octanol–water partition coefficient (Wildman–Crippen LogP) is 4.63. The minimum atomic E-state index is 0.396. The number of nitrogens with zero attached hydrogens (tertiary/aromatic N) is 1. The quantitative estimate of drug-likeness (QED) is 0.521. The highest BCUT2D eigenvalue weighted by molar-refractivity contribution is 7.80. The van der Waals surface area contributed by atoms with Crippen LogP contribution in [0.4, 0.5) is 0 Å². The van der Waals surface area contributed by atoms with E-state index in [0.29, 0.717) is 5.92 Å². The molecule has 18 heavy (non-hydrogen) atoms. The summed E-state index contributed by atoms with van der Waals surface area (Å²) in [6.07, 6.45) is 6.36. The number of likely N-dealkylation sites (N-methyl/N-ethyl adjacent to an activating group) is 1. The molecule has 0 bridgehead atoms. The lowest BCUT2D eigenvalue weighted by Crippen LogP contribution is -2.26. The molecule has 0 spiro atoms. The molecule has 1 aromatic carbocycles. The Morgan fingerprint density at radius 2 is 1.78 bits per heavy atom. The van der Waals surface area contributed by atoms with E-state index in [-0.39, 0.29) is 0 Å². The number of unbranched alkanes of at least 4 members (excludes halogenated alkanes) is 3. The Kier molecular flexibility index (Phi) is 6.96. The maximum Gasteiger partial charge on any atom is 0.0849 e. The van der Waals surface area contributed by atoms with Crippen LogP contribution in [0.3, 0.4) is 0 Å². The van der Waals surface area contributed by atoms with Crippen LogP contribution in [0.15, 0.2) is 30.3 Å². The molecule has 0 aliphatic carbocycles. The highest BCUT2D eigenvalue weighted by Gasteiger charge is 2.17. The minimum absolute atomic E-state index is 0.396. The largest absolute Gasteiger partial charge is 0.372 e. The molecule has 1 aromatic rings. The molecule has 0 amide bonds. The molecule has 1 nitrogen and oxygen atoms in total. The highest BCUT2D eigenvalue weighted by Crippen LogP contribution is 2.25. The summed E-state index contributed by atoms with van der Waals surface area (Å²) in [7, 11) is 4.09. The van der Waals surface area contributed by atoms with E-state index in [9.17, 15) is 0 Å². The molecular formula is C16H25NS. The van der Waals surface area contributed by atoms with Crippen LogP contribution < -0.4 is 0 Å². The van der Waals surface area contributed by atoms with Crippen molar-refractivity contribution in [2.24, 2.45) is 0 Å². The van der Waals surface area contributed by atoms with Crippen molar-refractivity contribution in [2.45, 2.75) is 44.9 Å². The third-order valence-corrected chi connectivity index (χ3v) is 3.94. The molecule has 1 unspecified atom stereocenters. The number of rotatable bonds is 7. The van der Waals surface area contributed by atoms with Gasteiger partial charge in [0.2, 0.25) is 0 Å². The lowest BCUT2D eigenvalue weighted by Gasteiger charge is -2.24. The summed E-state index contributed by atoms with van der Waals surface area (Å²) >= 11 is 5.59. The summed E-state index contributed by atoms with van der Waals surface area (Å²) in [6, 6.07) is 10.7. The minimum Gasteiger partial charge on any atom is -0.372 e. The van der Waals surface area contributed by atoms with E-state index >= 15 is 0 Å². The second-order valence-electron chi connectivity index (χ2n) is 5.05. The Bertz CT molecular complexity index is 345. The summed E-state index contributed by atoms with van der Waals surface area (Å²) in [4.78, 5) is 3.13. The molecule has 0 fully saturated rings. The maximum absolute atomic E-state index is 5.59. The van der Waals surface area contributed by atoms with Gasteiger partial charge in [-0.05, 0) is 12.0 Å². The first-order valence-electron chi connectivity index (χ1n) is 6.93. The summed E-state index contributed by atoms with van der Waals surface area (Å²) < 4.78 is 0. The summed E-state index contributed by atoms with van der Waals surface area (Å²) in [6.45, 7) is 2.25. The van der Waals surface area contributed by atoms with Crippen molar-refractivity contribution < 1.29 is 0 Å². The third-order valence-electron chi connectivity index (χ3n) is 3.29. The monoisotopic (exact) mass is 263 g/mol. The zero-order valence-corrected chi connectivity index (χ0v) is 12.7. The number of benzene rings is 1. The van der Waals surface area contributed by atoms with E-state index in [0.717, 1.165) is 4.99 Å². The van der Waals surface area contributed by atoms with E-state index in [1.54, 1.807) is 0 Å². The molecule has 1 rings (SSSR count). The lowest BCUT2D eigenvalue weighted by molar-refractivity contribution is 0.562. The molecule has 0 radical (unpaired) electrons. The standard InChI is InChI=1S/C16H25NS/c1-4-5-6-10-13-15(16(18)17(2)3)14-11-8-7-9-12-14/h7-9,11-12,15H,4-6,10,13H2,1-3H3. The van der Waals surface area contributed by atoms with E-state index in [2.05, 4.69) is 42.2 Å². The van der Waals surface area contributed by atoms with Gasteiger partial charge in [0.25, 0.3) is 0 Å². The molecule has 0 heterocycles. The Morgan fingerprint density at radius 1 is 1.11 bits per heavy atom. The first kappa shape index (κ1) is 15.2. The normalized spacial score (nSPS) is 12.2. The van der Waals surface area contributed by atoms with Crippen molar-refractivity contribution in [1.29, 1.82) is 0 Å². The molecule has 100 valence electrons. The van der Waals surface area contributed by atoms with E-state index in [4.69, 9.17) is 12.2 Å². The second-order valence-corrected chi connectivity index (χ2v) is 5.46. The Labute approximate surface area is 117 Å². The van der Waals surface area contributed by atoms with Gasteiger partial charge in [0.1, 0.15) is 0 Å². The van der Waals surface area contributed by atoms with Crippen molar-refractivity contribution >= 4 is 17.2 Å². The number of hydrogen-bond donors (Lipinski definition) is 0. The summed E-state index contributed by atoms with van der Waals surface area (Å²) in [5, 5.41) is 0. The zero-order valence-electron chi connectivity index (χ0n) is 11.9. The summed E-state index contributed by atoms with van der Waals surface area (Å²) in [5.41, 5.74) is 1.35. The topological polar surface area (TPSA) is 3.24 Å². The fourth-order valence-corrected chi connectivity index (χ4v) is 2.46. The average molecular weight is 263 g/mol. The zero-order chi connectivity index (χ0) is 13.4. The van der Waals surface area contributed by atoms with Gasteiger partial charge in [-0.3, -0.25) is 0 Å². The molecule has 0 saturated heterocycles. The molecular weight excluding hydrogens is 238 g/mol. The Morgan fingerprint density at radius 3 is 2.33 bits per heavy atom. The maximum atomic E-state index is 5.59. The van der Waals surface area contributed by atoms with Crippen LogP contribution >= 0.6 is 12.2 Å². The van der Waals surface area contributed by atoms with Crippen LogP contribution in [0.25, 0.3) is 0 Å². The van der Waals surface area contributed by atoms with E-state index < -0.39 is 0 Å². The predicted molar refractivity (Wildman–Crippen MR) is 84.2 cm³/mol. The smallest absolute Gasteiger partial charge is 0.0849 e. The van der Waals surface area contributed by atoms with Crippen molar-refractivity contribution in [1.82, 2.24) is 4.90 Å². The molecule has 0 aromatic heterocycles. The molecule has 1 atom stereocenters. The van der Waals surface area contributed by atoms with Crippen molar-refractivity contribution in [3.63, 3.8) is 0 Å². The molecule has 0 aliphatic heterocycles. The van der Waals surface area contributed by atoms with Gasteiger partial charge >= 0.3 is 0 Å². The Balaban J connectivity index is 2.67. The van der Waals surface area contributed by atoms with Crippen LogP contribution in [-0.4, -0.2) is 24.0 Å². The van der Waals surface area contributed by atoms with Crippen LogP contribution in [0.2, 0.25) is 0 Å². The fourth-order valence-electron chi connectivity index (χ4n) is 2.20. The average Bonchev–Trinajstić information content (AvgIpc) is 2.39. The molecule has 2 heteroatoms. The summed E-state index contributed by atoms with van der Waals surface area (Å²) in [5.74, 6) is 0.396. The third kappa shape index (κ3) is 4.77. The highest BCUT2D eigenvalue weighted by atomic mass is 32.1. The van der Waals surface area contributed by atoms with Crippen LogP contribution in [-0.2, 0) is 0 Å². The van der Waals surface area contributed by atoms with Gasteiger partial charge in [-0.2, -0.15) is 0 Å². The van der Waals surface area contributed by atoms with Gasteiger partial charge in [0.15, 0.2) is 0 Å². The van der Waals surface area contributed by atoms with Gasteiger partial charge in [-0.1, -0.05) is 75.2 Å². The van der Waals surface area contributed by atoms with Crippen LogP contribution in [0.5, 0.6) is 0 Å². The molecule has 0 saturated carbocycles. The van der Waals surface area contributed by atoms with Gasteiger partial charge < -0.3 is 4.90 Å². The van der Waals surface area contributed by atoms with Crippen molar-refractivity contribution in [3.05, 3.63) is 35.9 Å². The van der Waals surface area contributed by atoms with Crippen molar-refractivity contribution in [2.75, 3.05) is 14.1 Å². The molecule has 0 aliphatic rings. The van der Waals surface area contributed by atoms with Crippen LogP contribution in [0, 0.1) is 0 Å². The van der Waals surface area contributed by atoms with Crippen LogP contribution in [0.1, 0.15) is 50.5 Å².